The molecule has 0 bridgehead atoms. The van der Waals surface area contributed by atoms with E-state index in [0.29, 0.717) is 6.04 Å². The van der Waals surface area contributed by atoms with Crippen LogP contribution in [0.1, 0.15) is 15.9 Å². The van der Waals surface area contributed by atoms with Crippen molar-refractivity contribution in [1.82, 2.24) is 10.2 Å². The fourth-order valence-corrected chi connectivity index (χ4v) is 2.53. The first-order chi connectivity index (χ1) is 7.36. The van der Waals surface area contributed by atoms with E-state index < -0.39 is 0 Å². The Morgan fingerprint density at radius 2 is 2.20 bits per heavy atom. The molecule has 2 aliphatic heterocycles. The van der Waals surface area contributed by atoms with Crippen molar-refractivity contribution in [3.8, 4) is 0 Å². The van der Waals surface area contributed by atoms with Crippen LogP contribution < -0.4 is 5.32 Å². The summed E-state index contributed by atoms with van der Waals surface area (Å²) in [6.45, 7) is 2.70. The van der Waals surface area contributed by atoms with Gasteiger partial charge in [0.25, 0.3) is 5.91 Å². The third-order valence-corrected chi connectivity index (χ3v) is 3.31. The van der Waals surface area contributed by atoms with Crippen molar-refractivity contribution in [2.75, 3.05) is 19.6 Å². The fraction of sp³-hybridized carbons (Fsp3) is 0.417. The highest BCUT2D eigenvalue weighted by Gasteiger charge is 2.33. The Bertz CT molecular complexity index is 402. The summed E-state index contributed by atoms with van der Waals surface area (Å²) in [5.74, 6) is 0.211. The summed E-state index contributed by atoms with van der Waals surface area (Å²) >= 11 is 0. The molecule has 2 heterocycles. The van der Waals surface area contributed by atoms with Crippen molar-refractivity contribution in [1.29, 1.82) is 0 Å². The van der Waals surface area contributed by atoms with Crippen LogP contribution in [0.3, 0.4) is 0 Å². The number of fused-ring (bicyclic) bond motifs is 2. The molecule has 0 spiro atoms. The predicted octanol–water partition coefficient (Wildman–Crippen LogP) is 0.657. The van der Waals surface area contributed by atoms with Crippen LogP contribution in [-0.2, 0) is 6.42 Å². The smallest absolute Gasteiger partial charge is 0.254 e. The van der Waals surface area contributed by atoms with E-state index in [0.717, 1.165) is 31.6 Å². The highest BCUT2D eigenvalue weighted by molar-refractivity contribution is 5.97. The molecule has 2 aliphatic rings. The zero-order valence-electron chi connectivity index (χ0n) is 8.57. The number of nitrogens with one attached hydrogen (secondary N) is 1. The number of nitrogens with zero attached hydrogens (tertiary/aromatic N) is 1. The van der Waals surface area contributed by atoms with Gasteiger partial charge in [0, 0.05) is 31.2 Å². The van der Waals surface area contributed by atoms with Crippen molar-refractivity contribution in [2.45, 2.75) is 12.5 Å². The molecule has 3 heteroatoms. The molecule has 1 atom stereocenters. The van der Waals surface area contributed by atoms with Gasteiger partial charge in [-0.05, 0) is 18.1 Å². The second-order valence-corrected chi connectivity index (χ2v) is 4.22. The summed E-state index contributed by atoms with van der Waals surface area (Å²) in [5, 5.41) is 3.34. The van der Waals surface area contributed by atoms with Gasteiger partial charge in [-0.25, -0.2) is 0 Å². The maximum absolute atomic E-state index is 12.1. The van der Waals surface area contributed by atoms with E-state index in [1.165, 1.54) is 5.56 Å². The standard InChI is InChI=1S/C12H14N2O/c15-12-11-4-2-1-3-9(11)7-10-8-13-5-6-14(10)12/h1-4,10,13H,5-8H2/t10-/m1/s1. The topological polar surface area (TPSA) is 32.3 Å². The van der Waals surface area contributed by atoms with Gasteiger partial charge in [-0.1, -0.05) is 18.2 Å². The van der Waals surface area contributed by atoms with Gasteiger partial charge in [-0.2, -0.15) is 0 Å². The lowest BCUT2D eigenvalue weighted by atomic mass is 9.92. The summed E-state index contributed by atoms with van der Waals surface area (Å²) in [6, 6.07) is 8.33. The molecule has 1 saturated heterocycles. The predicted molar refractivity (Wildman–Crippen MR) is 57.8 cm³/mol. The number of rotatable bonds is 0. The Balaban J connectivity index is 2.02. The number of carbonyl (C=O) groups excluding carboxylic acids is 1. The minimum atomic E-state index is 0.211. The zero-order chi connectivity index (χ0) is 10.3. The van der Waals surface area contributed by atoms with Gasteiger partial charge in [0.2, 0.25) is 0 Å². The number of piperazine rings is 1. The third-order valence-electron chi connectivity index (χ3n) is 3.31. The summed E-state index contributed by atoms with van der Waals surface area (Å²) in [5.41, 5.74) is 2.10. The quantitative estimate of drug-likeness (QED) is 0.670. The molecule has 1 fully saturated rings. The van der Waals surface area contributed by atoms with Crippen molar-refractivity contribution >= 4 is 5.91 Å². The lowest BCUT2D eigenvalue weighted by Gasteiger charge is -2.40. The molecule has 1 N–H and O–H groups in total. The van der Waals surface area contributed by atoms with Crippen LogP contribution in [0.4, 0.5) is 0 Å². The second kappa shape index (κ2) is 3.35. The molecule has 1 aromatic rings. The molecule has 0 aromatic heterocycles. The van der Waals surface area contributed by atoms with Crippen LogP contribution in [0.2, 0.25) is 0 Å². The molecular weight excluding hydrogens is 188 g/mol. The van der Waals surface area contributed by atoms with Gasteiger partial charge in [0.15, 0.2) is 0 Å². The average Bonchev–Trinajstić information content (AvgIpc) is 2.30. The highest BCUT2D eigenvalue weighted by atomic mass is 16.2. The van der Waals surface area contributed by atoms with Crippen LogP contribution >= 0.6 is 0 Å². The first-order valence-corrected chi connectivity index (χ1v) is 5.46. The lowest BCUT2D eigenvalue weighted by Crippen LogP contribution is -2.56. The Labute approximate surface area is 89.1 Å². The summed E-state index contributed by atoms with van der Waals surface area (Å²) in [7, 11) is 0. The van der Waals surface area contributed by atoms with Gasteiger partial charge in [0.1, 0.15) is 0 Å². The van der Waals surface area contributed by atoms with Gasteiger partial charge in [-0.3, -0.25) is 4.79 Å². The van der Waals surface area contributed by atoms with Crippen molar-refractivity contribution in [2.24, 2.45) is 0 Å². The first kappa shape index (κ1) is 8.92. The molecular formula is C12H14N2O. The Hall–Kier alpha value is -1.35. The van der Waals surface area contributed by atoms with Crippen molar-refractivity contribution in [3.05, 3.63) is 35.4 Å². The minimum absolute atomic E-state index is 0.211. The fourth-order valence-electron chi connectivity index (χ4n) is 2.53. The van der Waals surface area contributed by atoms with E-state index in [2.05, 4.69) is 11.4 Å². The molecule has 0 radical (unpaired) electrons. The average molecular weight is 202 g/mol. The Morgan fingerprint density at radius 1 is 1.33 bits per heavy atom. The van der Waals surface area contributed by atoms with E-state index in [1.54, 1.807) is 0 Å². The van der Waals surface area contributed by atoms with Crippen LogP contribution in [0.15, 0.2) is 24.3 Å². The van der Waals surface area contributed by atoms with Crippen molar-refractivity contribution < 1.29 is 4.79 Å². The SMILES string of the molecule is O=C1c2ccccc2C[C@@H]2CNCCN12. The summed E-state index contributed by atoms with van der Waals surface area (Å²) in [4.78, 5) is 14.2. The molecule has 1 aromatic carbocycles. The highest BCUT2D eigenvalue weighted by Crippen LogP contribution is 2.23. The van der Waals surface area contributed by atoms with Gasteiger partial charge >= 0.3 is 0 Å². The molecule has 15 heavy (non-hydrogen) atoms. The van der Waals surface area contributed by atoms with E-state index in [9.17, 15) is 4.79 Å². The molecule has 1 amide bonds. The largest absolute Gasteiger partial charge is 0.333 e. The summed E-state index contributed by atoms with van der Waals surface area (Å²) < 4.78 is 0. The normalized spacial score (nSPS) is 24.7. The van der Waals surface area contributed by atoms with E-state index in [-0.39, 0.29) is 5.91 Å². The Kier molecular flexibility index (Phi) is 1.99. The molecule has 0 unspecified atom stereocenters. The van der Waals surface area contributed by atoms with Crippen LogP contribution in [0.25, 0.3) is 0 Å². The lowest BCUT2D eigenvalue weighted by molar-refractivity contribution is 0.0606. The van der Waals surface area contributed by atoms with Crippen LogP contribution in [0.5, 0.6) is 0 Å². The van der Waals surface area contributed by atoms with Gasteiger partial charge < -0.3 is 10.2 Å². The van der Waals surface area contributed by atoms with Crippen LogP contribution in [-0.4, -0.2) is 36.5 Å². The number of carbonyl (C=O) groups is 1. The second-order valence-electron chi connectivity index (χ2n) is 4.22. The maximum Gasteiger partial charge on any atom is 0.254 e. The molecule has 0 saturated carbocycles. The minimum Gasteiger partial charge on any atom is -0.333 e. The number of hydrogen-bond acceptors (Lipinski definition) is 2. The number of benzene rings is 1. The molecule has 0 aliphatic carbocycles. The first-order valence-electron chi connectivity index (χ1n) is 5.46. The maximum atomic E-state index is 12.1. The van der Waals surface area contributed by atoms with Crippen LogP contribution in [0, 0.1) is 0 Å². The van der Waals surface area contributed by atoms with Gasteiger partial charge in [-0.15, -0.1) is 0 Å². The number of amides is 1. The van der Waals surface area contributed by atoms with E-state index in [1.807, 2.05) is 23.1 Å². The Morgan fingerprint density at radius 3 is 3.13 bits per heavy atom. The van der Waals surface area contributed by atoms with Gasteiger partial charge in [0.05, 0.1) is 0 Å². The van der Waals surface area contributed by atoms with E-state index in [4.69, 9.17) is 0 Å². The number of hydrogen-bond donors (Lipinski definition) is 1. The monoisotopic (exact) mass is 202 g/mol. The van der Waals surface area contributed by atoms with Crippen molar-refractivity contribution in [3.63, 3.8) is 0 Å². The molecule has 3 nitrogen and oxygen atoms in total. The van der Waals surface area contributed by atoms with E-state index >= 15 is 0 Å². The molecule has 78 valence electrons. The zero-order valence-corrected chi connectivity index (χ0v) is 8.57. The summed E-state index contributed by atoms with van der Waals surface area (Å²) in [6.07, 6.45) is 0.995. The third kappa shape index (κ3) is 1.35. The molecule has 3 rings (SSSR count).